The Morgan fingerprint density at radius 2 is 0.727 bits per heavy atom. The molecule has 16 nitrogen and oxygen atoms in total. The molecule has 132 valence electrons. The van der Waals surface area contributed by atoms with Gasteiger partial charge in [0.1, 0.15) is 0 Å². The zero-order valence-corrected chi connectivity index (χ0v) is 14.9. The fourth-order valence-electron chi connectivity index (χ4n) is 0.710. The Morgan fingerprint density at radius 1 is 0.500 bits per heavy atom. The van der Waals surface area contributed by atoms with Gasteiger partial charge in [-0.05, 0) is 0 Å². The molecule has 1 heterocycles. The molecule has 0 bridgehead atoms. The van der Waals surface area contributed by atoms with Crippen molar-refractivity contribution in [1.29, 1.82) is 0 Å². The molecule has 0 amide bonds. The Morgan fingerprint density at radius 3 is 1.00 bits per heavy atom. The number of rotatable bonds is 0. The largest absolute Gasteiger partial charge is 0.490 e. The molecule has 1 rings (SSSR count). The highest BCUT2D eigenvalue weighted by atomic mass is 31.3. The maximum Gasteiger partial charge on any atom is 0.490 e. The molecule has 22 heavy (non-hydrogen) atoms. The first-order chi connectivity index (χ1) is 9.54. The summed E-state index contributed by atoms with van der Waals surface area (Å²) < 4.78 is 77.1. The van der Waals surface area contributed by atoms with Gasteiger partial charge in [-0.2, -0.15) is 17.2 Å². The quantitative estimate of drug-likeness (QED) is 0.326. The maximum absolute atomic E-state index is 11.2. The molecule has 1 aliphatic heterocycles. The average Bonchev–Trinajstić information content (AvgIpc) is 2.04. The van der Waals surface area contributed by atoms with Crippen LogP contribution in [-0.4, -0.2) is 24.5 Å². The topological polar surface area (TPSA) is 242 Å². The molecule has 5 N–H and O–H groups in total. The van der Waals surface area contributed by atoms with Gasteiger partial charge in [-0.15, -0.1) is 0 Å². The van der Waals surface area contributed by atoms with Gasteiger partial charge in [-0.3, -0.25) is 0 Å². The van der Waals surface area contributed by atoms with Crippen molar-refractivity contribution in [2.45, 2.75) is 0 Å². The smallest absolute Gasteiger partial charge is 0.302 e. The summed E-state index contributed by atoms with van der Waals surface area (Å²) in [5, 5.41) is 0. The highest BCUT2D eigenvalue weighted by Crippen LogP contribution is 2.76. The van der Waals surface area contributed by atoms with Gasteiger partial charge < -0.3 is 24.5 Å². The summed E-state index contributed by atoms with van der Waals surface area (Å²) in [7, 11) is -30.4. The lowest BCUT2D eigenvalue weighted by Crippen LogP contribution is -1.99. The van der Waals surface area contributed by atoms with E-state index in [1.807, 2.05) is 0 Å². The summed E-state index contributed by atoms with van der Waals surface area (Å²) in [4.78, 5) is 44.7. The van der Waals surface area contributed by atoms with Crippen LogP contribution in [0.5, 0.6) is 0 Å². The zero-order chi connectivity index (χ0) is 17.4. The van der Waals surface area contributed by atoms with Gasteiger partial charge in [-0.1, -0.05) is 0 Å². The van der Waals surface area contributed by atoms with Crippen LogP contribution in [0.4, 0.5) is 0 Å². The Labute approximate surface area is 122 Å². The van der Waals surface area contributed by atoms with Crippen LogP contribution in [0.15, 0.2) is 0 Å². The SMILES string of the molecule is O=P1(O)OPOP(=O)(O)OP(=O)(O)OP(=O)(O)OP(=O)(O)O1. The van der Waals surface area contributed by atoms with E-state index < -0.39 is 48.1 Å². The molecule has 0 aliphatic carbocycles. The summed E-state index contributed by atoms with van der Waals surface area (Å²) in [6, 6.07) is 0. The lowest BCUT2D eigenvalue weighted by molar-refractivity contribution is 0.185. The van der Waals surface area contributed by atoms with E-state index in [2.05, 4.69) is 25.9 Å². The minimum atomic E-state index is -5.94. The Balaban J connectivity index is 3.19. The Hall–Kier alpha value is 1.14. The fourth-order valence-corrected chi connectivity index (χ4v) is 8.10. The molecule has 22 heteroatoms. The van der Waals surface area contributed by atoms with E-state index in [0.29, 0.717) is 0 Å². The third kappa shape index (κ3) is 7.81. The summed E-state index contributed by atoms with van der Waals surface area (Å²) in [6.45, 7) is 0. The van der Waals surface area contributed by atoms with Gasteiger partial charge in [0.2, 0.25) is 0 Å². The summed E-state index contributed by atoms with van der Waals surface area (Å²) in [6.07, 6.45) is 0. The lowest BCUT2D eigenvalue weighted by Gasteiger charge is -2.21. The third-order valence-electron chi connectivity index (χ3n) is 1.13. The third-order valence-corrected chi connectivity index (χ3v) is 10.2. The summed E-state index contributed by atoms with van der Waals surface area (Å²) >= 11 is 0. The van der Waals surface area contributed by atoms with Crippen molar-refractivity contribution >= 4 is 48.1 Å². The van der Waals surface area contributed by atoms with E-state index >= 15 is 0 Å². The van der Waals surface area contributed by atoms with Gasteiger partial charge >= 0.3 is 39.1 Å². The molecule has 1 aliphatic rings. The van der Waals surface area contributed by atoms with Crippen LogP contribution in [0.25, 0.3) is 0 Å². The molecule has 0 aromatic heterocycles. The van der Waals surface area contributed by atoms with Crippen molar-refractivity contribution in [2.75, 3.05) is 0 Å². The van der Waals surface area contributed by atoms with Crippen LogP contribution in [-0.2, 0) is 48.7 Å². The first kappa shape index (κ1) is 21.2. The van der Waals surface area contributed by atoms with E-state index in [9.17, 15) is 22.8 Å². The van der Waals surface area contributed by atoms with E-state index in [4.69, 9.17) is 24.5 Å². The molecule has 1 saturated heterocycles. The van der Waals surface area contributed by atoms with Crippen molar-refractivity contribution in [3.05, 3.63) is 0 Å². The Kier molecular flexibility index (Phi) is 6.55. The molecule has 1 fully saturated rings. The van der Waals surface area contributed by atoms with Crippen LogP contribution < -0.4 is 0 Å². The second-order valence-electron chi connectivity index (χ2n) is 2.94. The minimum Gasteiger partial charge on any atom is -0.302 e. The van der Waals surface area contributed by atoms with E-state index in [0.717, 1.165) is 0 Å². The van der Waals surface area contributed by atoms with Crippen LogP contribution in [0, 0.1) is 0 Å². The lowest BCUT2D eigenvalue weighted by atomic mass is 15.7. The van der Waals surface area contributed by atoms with Crippen LogP contribution >= 0.6 is 48.1 Å². The van der Waals surface area contributed by atoms with Gasteiger partial charge in [0.15, 0.2) is 9.03 Å². The summed E-state index contributed by atoms with van der Waals surface area (Å²) in [5.74, 6) is 0. The second-order valence-corrected chi connectivity index (χ2v) is 11.9. The molecule has 0 spiro atoms. The van der Waals surface area contributed by atoms with Crippen molar-refractivity contribution in [1.82, 2.24) is 0 Å². The molecule has 4 unspecified atom stereocenters. The van der Waals surface area contributed by atoms with Gasteiger partial charge in [-0.25, -0.2) is 31.4 Å². The van der Waals surface area contributed by atoms with Gasteiger partial charge in [0.05, 0.1) is 0 Å². The first-order valence-electron chi connectivity index (χ1n) is 4.15. The van der Waals surface area contributed by atoms with Crippen LogP contribution in [0.1, 0.15) is 0 Å². The molecular weight excluding hydrogens is 442 g/mol. The molecular formula is H6O16P6. The average molecular weight is 448 g/mol. The number of hydrogen-bond acceptors (Lipinski definition) is 11. The second kappa shape index (κ2) is 6.80. The maximum atomic E-state index is 11.2. The fraction of sp³-hybridized carbons (Fsp3) is 0. The van der Waals surface area contributed by atoms with Crippen molar-refractivity contribution in [3.8, 4) is 0 Å². The zero-order valence-electron chi connectivity index (χ0n) is 9.46. The standard InChI is InChI=1S/H6O16P6/c1-18(2)11-17-12-19(3,4)14-21(7,8)16-22(9,10)15-20(5,6)13-18/h17H,(H,1,2)(H,3,4)(H,5,6)(H,7,8)(H,9,10). The van der Waals surface area contributed by atoms with Crippen LogP contribution in [0.2, 0.25) is 0 Å². The van der Waals surface area contributed by atoms with Crippen LogP contribution in [0.3, 0.4) is 0 Å². The van der Waals surface area contributed by atoms with Crippen molar-refractivity contribution < 1.29 is 73.2 Å². The normalized spacial score (nSPS) is 53.5. The highest BCUT2D eigenvalue weighted by molar-refractivity contribution is 7.73. The monoisotopic (exact) mass is 448 g/mol. The summed E-state index contributed by atoms with van der Waals surface area (Å²) in [5.41, 5.74) is 0. The number of hydrogen-bond donors (Lipinski definition) is 5. The predicted octanol–water partition coefficient (Wildman–Crippen LogP) is 1.11. The molecule has 0 saturated carbocycles. The van der Waals surface area contributed by atoms with E-state index in [-0.39, 0.29) is 0 Å². The highest BCUT2D eigenvalue weighted by Gasteiger charge is 2.49. The molecule has 0 aromatic carbocycles. The first-order valence-corrected chi connectivity index (χ1v) is 12.4. The predicted molar refractivity (Wildman–Crippen MR) is 64.0 cm³/mol. The Bertz CT molecular complexity index is 602. The van der Waals surface area contributed by atoms with Gasteiger partial charge in [0, 0.05) is 0 Å². The van der Waals surface area contributed by atoms with Crippen molar-refractivity contribution in [3.63, 3.8) is 0 Å². The van der Waals surface area contributed by atoms with E-state index in [1.165, 1.54) is 0 Å². The number of phosphoric acid groups is 5. The van der Waals surface area contributed by atoms with E-state index in [1.54, 1.807) is 0 Å². The molecule has 4 atom stereocenters. The molecule has 0 aromatic rings. The van der Waals surface area contributed by atoms with Crippen molar-refractivity contribution in [2.24, 2.45) is 0 Å². The minimum absolute atomic E-state index is 1.87. The molecule has 0 radical (unpaired) electrons. The van der Waals surface area contributed by atoms with Gasteiger partial charge in [0.25, 0.3) is 0 Å².